The highest BCUT2D eigenvalue weighted by Gasteiger charge is 2.07. The van der Waals surface area contributed by atoms with E-state index in [1.54, 1.807) is 27.5 Å². The zero-order valence-electron chi connectivity index (χ0n) is 11.8. The van der Waals surface area contributed by atoms with E-state index in [0.29, 0.717) is 12.4 Å². The summed E-state index contributed by atoms with van der Waals surface area (Å²) in [5, 5.41) is 3.30. The third-order valence-electron chi connectivity index (χ3n) is 2.92. The van der Waals surface area contributed by atoms with Crippen molar-refractivity contribution in [1.29, 1.82) is 0 Å². The fraction of sp³-hybridized carbons (Fsp3) is 0.267. The summed E-state index contributed by atoms with van der Waals surface area (Å²) >= 11 is 0. The number of nitrogens with one attached hydrogen (secondary N) is 1. The summed E-state index contributed by atoms with van der Waals surface area (Å²) in [7, 11) is 4.88. The van der Waals surface area contributed by atoms with Crippen molar-refractivity contribution in [1.82, 2.24) is 4.98 Å². The van der Waals surface area contributed by atoms with Crippen LogP contribution in [0.4, 0.5) is 5.69 Å². The monoisotopic (exact) mass is 274 g/mol. The molecule has 0 amide bonds. The Morgan fingerprint density at radius 3 is 2.60 bits per heavy atom. The van der Waals surface area contributed by atoms with Gasteiger partial charge in [0, 0.05) is 24.4 Å². The van der Waals surface area contributed by atoms with Crippen molar-refractivity contribution in [2.45, 2.75) is 6.54 Å². The van der Waals surface area contributed by atoms with Crippen LogP contribution < -0.4 is 19.5 Å². The number of ether oxygens (including phenoxy) is 3. The summed E-state index contributed by atoms with van der Waals surface area (Å²) in [6.07, 6.45) is 1.70. The summed E-state index contributed by atoms with van der Waals surface area (Å²) in [5.74, 6) is 2.14. The molecule has 0 bridgehead atoms. The second kappa shape index (κ2) is 6.65. The normalized spacial score (nSPS) is 9.95. The van der Waals surface area contributed by atoms with Gasteiger partial charge in [-0.05, 0) is 18.2 Å². The fourth-order valence-electron chi connectivity index (χ4n) is 1.89. The lowest BCUT2D eigenvalue weighted by molar-refractivity contribution is 0.393. The number of rotatable bonds is 6. The third-order valence-corrected chi connectivity index (χ3v) is 2.92. The molecule has 0 aliphatic carbocycles. The molecule has 0 aliphatic heterocycles. The maximum Gasteiger partial charge on any atom is 0.218 e. The van der Waals surface area contributed by atoms with E-state index < -0.39 is 0 Å². The molecular formula is C15H18N2O3. The van der Waals surface area contributed by atoms with Crippen LogP contribution in [0.1, 0.15) is 5.56 Å². The summed E-state index contributed by atoms with van der Waals surface area (Å²) < 4.78 is 15.8. The minimum atomic E-state index is 0.584. The zero-order chi connectivity index (χ0) is 14.4. The topological polar surface area (TPSA) is 52.6 Å². The largest absolute Gasteiger partial charge is 0.497 e. The van der Waals surface area contributed by atoms with Crippen LogP contribution >= 0.6 is 0 Å². The molecule has 2 rings (SSSR count). The van der Waals surface area contributed by atoms with Gasteiger partial charge in [0.15, 0.2) is 0 Å². The third kappa shape index (κ3) is 3.12. The van der Waals surface area contributed by atoms with Crippen LogP contribution in [0.25, 0.3) is 0 Å². The van der Waals surface area contributed by atoms with Crippen molar-refractivity contribution in [3.05, 3.63) is 42.1 Å². The Labute approximate surface area is 118 Å². The number of anilines is 1. The molecule has 5 heteroatoms. The van der Waals surface area contributed by atoms with Crippen molar-refractivity contribution in [2.75, 3.05) is 26.6 Å². The van der Waals surface area contributed by atoms with Gasteiger partial charge in [-0.25, -0.2) is 4.98 Å². The predicted molar refractivity (Wildman–Crippen MR) is 77.7 cm³/mol. The molecule has 0 radical (unpaired) electrons. The highest BCUT2D eigenvalue weighted by atomic mass is 16.5. The molecule has 0 aliphatic rings. The van der Waals surface area contributed by atoms with Gasteiger partial charge in [0.2, 0.25) is 5.88 Å². The Balaban J connectivity index is 2.17. The first-order valence-corrected chi connectivity index (χ1v) is 6.22. The highest BCUT2D eigenvalue weighted by Crippen LogP contribution is 2.29. The van der Waals surface area contributed by atoms with Gasteiger partial charge in [-0.3, -0.25) is 0 Å². The second-order valence-corrected chi connectivity index (χ2v) is 4.09. The van der Waals surface area contributed by atoms with E-state index in [2.05, 4.69) is 10.3 Å². The molecule has 0 saturated carbocycles. The van der Waals surface area contributed by atoms with E-state index in [0.717, 1.165) is 22.7 Å². The van der Waals surface area contributed by atoms with E-state index in [4.69, 9.17) is 14.2 Å². The van der Waals surface area contributed by atoms with Crippen molar-refractivity contribution in [3.8, 4) is 17.4 Å². The van der Waals surface area contributed by atoms with Gasteiger partial charge in [0.05, 0.1) is 27.0 Å². The molecule has 1 N–H and O–H groups in total. The first-order valence-electron chi connectivity index (χ1n) is 6.22. The molecule has 0 fully saturated rings. The maximum absolute atomic E-state index is 5.32. The summed E-state index contributed by atoms with van der Waals surface area (Å²) in [4.78, 5) is 4.17. The van der Waals surface area contributed by atoms with Gasteiger partial charge in [-0.2, -0.15) is 0 Å². The Morgan fingerprint density at radius 2 is 1.90 bits per heavy atom. The SMILES string of the molecule is COc1ccc(OC)c(NCc2cccnc2OC)c1. The fourth-order valence-corrected chi connectivity index (χ4v) is 1.89. The first-order chi connectivity index (χ1) is 9.78. The predicted octanol–water partition coefficient (Wildman–Crippen LogP) is 2.72. The Kier molecular flexibility index (Phi) is 4.65. The lowest BCUT2D eigenvalue weighted by atomic mass is 10.2. The lowest BCUT2D eigenvalue weighted by Gasteiger charge is -2.13. The summed E-state index contributed by atoms with van der Waals surface area (Å²) in [5.41, 5.74) is 1.83. The van der Waals surface area contributed by atoms with Crippen LogP contribution in [0.15, 0.2) is 36.5 Å². The molecule has 1 aromatic carbocycles. The van der Waals surface area contributed by atoms with Gasteiger partial charge in [-0.15, -0.1) is 0 Å². The molecule has 5 nitrogen and oxygen atoms in total. The number of pyridine rings is 1. The summed E-state index contributed by atoms with van der Waals surface area (Å²) in [6.45, 7) is 0.584. The standard InChI is InChI=1S/C15H18N2O3/c1-18-12-6-7-14(19-2)13(9-12)17-10-11-5-4-8-16-15(11)20-3/h4-9,17H,10H2,1-3H3. The number of benzene rings is 1. The number of hydrogen-bond donors (Lipinski definition) is 1. The lowest BCUT2D eigenvalue weighted by Crippen LogP contribution is -2.04. The number of hydrogen-bond acceptors (Lipinski definition) is 5. The maximum atomic E-state index is 5.32. The molecule has 20 heavy (non-hydrogen) atoms. The number of aromatic nitrogens is 1. The van der Waals surface area contributed by atoms with Crippen LogP contribution in [-0.4, -0.2) is 26.3 Å². The molecule has 1 heterocycles. The minimum absolute atomic E-state index is 0.584. The average molecular weight is 274 g/mol. The molecule has 0 atom stereocenters. The highest BCUT2D eigenvalue weighted by molar-refractivity contribution is 5.60. The summed E-state index contributed by atoms with van der Waals surface area (Å²) in [6, 6.07) is 9.45. The first kappa shape index (κ1) is 14.0. The van der Waals surface area contributed by atoms with Crippen molar-refractivity contribution in [2.24, 2.45) is 0 Å². The van der Waals surface area contributed by atoms with Crippen LogP contribution in [-0.2, 0) is 6.54 Å². The average Bonchev–Trinajstić information content (AvgIpc) is 2.52. The Bertz CT molecular complexity index is 573. The van der Waals surface area contributed by atoms with E-state index >= 15 is 0 Å². The quantitative estimate of drug-likeness (QED) is 0.877. The molecule has 106 valence electrons. The van der Waals surface area contributed by atoms with Gasteiger partial charge in [0.25, 0.3) is 0 Å². The smallest absolute Gasteiger partial charge is 0.218 e. The Morgan fingerprint density at radius 1 is 1.05 bits per heavy atom. The van der Waals surface area contributed by atoms with E-state index in [1.807, 2.05) is 30.3 Å². The molecule has 0 unspecified atom stereocenters. The van der Waals surface area contributed by atoms with E-state index in [1.165, 1.54) is 0 Å². The zero-order valence-corrected chi connectivity index (χ0v) is 11.8. The van der Waals surface area contributed by atoms with Crippen molar-refractivity contribution < 1.29 is 14.2 Å². The van der Waals surface area contributed by atoms with Crippen molar-refractivity contribution in [3.63, 3.8) is 0 Å². The van der Waals surface area contributed by atoms with Gasteiger partial charge in [0.1, 0.15) is 11.5 Å². The van der Waals surface area contributed by atoms with E-state index in [9.17, 15) is 0 Å². The Hall–Kier alpha value is -2.43. The van der Waals surface area contributed by atoms with Crippen LogP contribution in [0.5, 0.6) is 17.4 Å². The number of nitrogens with zero attached hydrogens (tertiary/aromatic N) is 1. The van der Waals surface area contributed by atoms with Crippen LogP contribution in [0.2, 0.25) is 0 Å². The molecule has 0 saturated heterocycles. The van der Waals surface area contributed by atoms with Crippen LogP contribution in [0, 0.1) is 0 Å². The van der Waals surface area contributed by atoms with Crippen molar-refractivity contribution >= 4 is 5.69 Å². The van der Waals surface area contributed by atoms with E-state index in [-0.39, 0.29) is 0 Å². The molecular weight excluding hydrogens is 256 g/mol. The second-order valence-electron chi connectivity index (χ2n) is 4.09. The van der Waals surface area contributed by atoms with Gasteiger partial charge >= 0.3 is 0 Å². The molecule has 0 spiro atoms. The molecule has 2 aromatic rings. The van der Waals surface area contributed by atoms with Crippen LogP contribution in [0.3, 0.4) is 0 Å². The number of methoxy groups -OCH3 is 3. The minimum Gasteiger partial charge on any atom is -0.497 e. The molecule has 1 aromatic heterocycles. The van der Waals surface area contributed by atoms with Gasteiger partial charge < -0.3 is 19.5 Å². The van der Waals surface area contributed by atoms with Gasteiger partial charge in [-0.1, -0.05) is 6.07 Å².